The number of methoxy groups -OCH3 is 1. The maximum atomic E-state index is 14.0. The molecular formula is C30H32N6O8S2. The van der Waals surface area contributed by atoms with Gasteiger partial charge in [-0.15, -0.1) is 0 Å². The third-order valence-corrected chi connectivity index (χ3v) is 10.3. The van der Waals surface area contributed by atoms with Crippen LogP contribution in [0.4, 0.5) is 17.1 Å². The lowest BCUT2D eigenvalue weighted by molar-refractivity contribution is -0.117. The number of hydrogen-bond donors (Lipinski definition) is 4. The van der Waals surface area contributed by atoms with Gasteiger partial charge in [0.15, 0.2) is 0 Å². The van der Waals surface area contributed by atoms with E-state index in [4.69, 9.17) is 16.2 Å². The molecule has 0 atom stereocenters. The summed E-state index contributed by atoms with van der Waals surface area (Å²) < 4.78 is 62.3. The standard InChI is InChI=1S/C30H32N6O8S2/c1-33-17-30(39)34-20-7-11-22(12-8-20)45(40,41)35(18-28(31)37)26-15-16-27(25-6-4-3-5-24(25)26)36(19-29(32)38)46(42,43)23-13-9-21(44-2)10-14-23/h3-16,33H,17-19H2,1-2H3,(H2,31,37)(H2,32,38)(H,34,39). The number of carbonyl (C=O) groups is 3. The molecule has 0 heterocycles. The summed E-state index contributed by atoms with van der Waals surface area (Å²) in [6.07, 6.45) is 0. The van der Waals surface area contributed by atoms with Gasteiger partial charge in [-0.1, -0.05) is 24.3 Å². The minimum absolute atomic E-state index is 0.0189. The molecule has 6 N–H and O–H groups in total. The lowest BCUT2D eigenvalue weighted by Gasteiger charge is -2.28. The predicted octanol–water partition coefficient (Wildman–Crippen LogP) is 1.37. The van der Waals surface area contributed by atoms with Gasteiger partial charge in [-0.3, -0.25) is 23.0 Å². The van der Waals surface area contributed by atoms with Crippen molar-refractivity contribution in [1.29, 1.82) is 0 Å². The summed E-state index contributed by atoms with van der Waals surface area (Å²) in [6, 6.07) is 19.8. The van der Waals surface area contributed by atoms with Crippen molar-refractivity contribution < 1.29 is 36.0 Å². The maximum Gasteiger partial charge on any atom is 0.264 e. The molecule has 46 heavy (non-hydrogen) atoms. The van der Waals surface area contributed by atoms with E-state index in [0.717, 1.165) is 8.61 Å². The van der Waals surface area contributed by atoms with Crippen LogP contribution in [-0.4, -0.2) is 68.3 Å². The molecule has 4 aromatic rings. The van der Waals surface area contributed by atoms with Crippen LogP contribution in [0.3, 0.4) is 0 Å². The second-order valence-corrected chi connectivity index (χ2v) is 13.6. The average Bonchev–Trinajstić information content (AvgIpc) is 3.02. The zero-order valence-electron chi connectivity index (χ0n) is 24.8. The average molecular weight is 669 g/mol. The molecule has 0 saturated heterocycles. The van der Waals surface area contributed by atoms with Gasteiger partial charge in [0.25, 0.3) is 20.0 Å². The zero-order chi connectivity index (χ0) is 33.6. The number of primary amides is 2. The van der Waals surface area contributed by atoms with Crippen molar-refractivity contribution in [3.05, 3.63) is 84.9 Å². The highest BCUT2D eigenvalue weighted by Crippen LogP contribution is 2.38. The van der Waals surface area contributed by atoms with Gasteiger partial charge in [0.1, 0.15) is 18.8 Å². The van der Waals surface area contributed by atoms with Crippen LogP contribution in [0.5, 0.6) is 5.75 Å². The van der Waals surface area contributed by atoms with Crippen molar-refractivity contribution in [3.8, 4) is 5.75 Å². The minimum Gasteiger partial charge on any atom is -0.497 e. The molecule has 0 fully saturated rings. The number of carbonyl (C=O) groups excluding carboxylic acids is 3. The Morgan fingerprint density at radius 1 is 0.696 bits per heavy atom. The first-order valence-electron chi connectivity index (χ1n) is 13.6. The van der Waals surface area contributed by atoms with Crippen LogP contribution in [0, 0.1) is 0 Å². The Morgan fingerprint density at radius 2 is 1.13 bits per heavy atom. The molecule has 14 nitrogen and oxygen atoms in total. The van der Waals surface area contributed by atoms with Crippen molar-refractivity contribution in [2.75, 3.05) is 47.7 Å². The van der Waals surface area contributed by atoms with Crippen LogP contribution in [-0.2, 0) is 34.4 Å². The fraction of sp³-hybridized carbons (Fsp3) is 0.167. The molecule has 0 spiro atoms. The third-order valence-electron chi connectivity index (χ3n) is 6.73. The monoisotopic (exact) mass is 668 g/mol. The van der Waals surface area contributed by atoms with Crippen LogP contribution >= 0.6 is 0 Å². The number of hydrogen-bond acceptors (Lipinski definition) is 9. The summed E-state index contributed by atoms with van der Waals surface area (Å²) in [7, 11) is -5.77. The molecule has 0 saturated carbocycles. The molecule has 16 heteroatoms. The van der Waals surface area contributed by atoms with Crippen LogP contribution in [0.25, 0.3) is 10.8 Å². The fourth-order valence-corrected chi connectivity index (χ4v) is 7.56. The Bertz CT molecular complexity index is 1980. The summed E-state index contributed by atoms with van der Waals surface area (Å²) in [5, 5.41) is 5.81. The van der Waals surface area contributed by atoms with E-state index >= 15 is 0 Å². The first-order valence-corrected chi connectivity index (χ1v) is 16.5. The molecule has 4 rings (SSSR count). The topological polar surface area (TPSA) is 211 Å². The van der Waals surface area contributed by atoms with Crippen molar-refractivity contribution in [3.63, 3.8) is 0 Å². The first-order chi connectivity index (χ1) is 21.8. The molecule has 0 aromatic heterocycles. The van der Waals surface area contributed by atoms with Gasteiger partial charge in [-0.05, 0) is 67.7 Å². The smallest absolute Gasteiger partial charge is 0.264 e. The van der Waals surface area contributed by atoms with Crippen molar-refractivity contribution in [2.24, 2.45) is 11.5 Å². The number of nitrogens with one attached hydrogen (secondary N) is 2. The Morgan fingerprint density at radius 3 is 1.52 bits per heavy atom. The van der Waals surface area contributed by atoms with E-state index in [1.807, 2.05) is 0 Å². The Balaban J connectivity index is 1.85. The molecule has 0 unspecified atom stereocenters. The quantitative estimate of drug-likeness (QED) is 0.153. The fourth-order valence-electron chi connectivity index (χ4n) is 4.66. The van der Waals surface area contributed by atoms with Gasteiger partial charge in [0.05, 0.1) is 34.8 Å². The number of nitrogens with two attached hydrogens (primary N) is 2. The molecule has 0 radical (unpaired) electrons. The van der Waals surface area contributed by atoms with E-state index in [9.17, 15) is 31.2 Å². The second kappa shape index (κ2) is 13.8. The number of fused-ring (bicyclic) bond motifs is 1. The normalized spacial score (nSPS) is 11.5. The highest BCUT2D eigenvalue weighted by Gasteiger charge is 2.32. The number of anilines is 3. The van der Waals surface area contributed by atoms with E-state index in [1.165, 1.54) is 67.8 Å². The van der Waals surface area contributed by atoms with Gasteiger partial charge in [0, 0.05) is 16.5 Å². The number of nitrogens with zero attached hydrogens (tertiary/aromatic N) is 2. The number of benzene rings is 4. The maximum absolute atomic E-state index is 14.0. The van der Waals surface area contributed by atoms with E-state index < -0.39 is 45.0 Å². The summed E-state index contributed by atoms with van der Waals surface area (Å²) in [5.41, 5.74) is 11.4. The minimum atomic E-state index is -4.44. The lowest BCUT2D eigenvalue weighted by atomic mass is 10.1. The SMILES string of the molecule is CNCC(=O)Nc1ccc(S(=O)(=O)N(CC(N)=O)c2ccc(N(CC(N)=O)S(=O)(=O)c3ccc(OC)cc3)c3ccccc23)cc1. The Kier molecular flexibility index (Phi) is 10.1. The second-order valence-electron chi connectivity index (χ2n) is 9.88. The summed E-state index contributed by atoms with van der Waals surface area (Å²) in [5.74, 6) is -1.81. The number of ether oxygens (including phenoxy) is 1. The number of amides is 3. The first kappa shape index (κ1) is 33.7. The highest BCUT2D eigenvalue weighted by molar-refractivity contribution is 7.93. The van der Waals surface area contributed by atoms with Gasteiger partial charge in [-0.2, -0.15) is 0 Å². The van der Waals surface area contributed by atoms with Gasteiger partial charge in [0.2, 0.25) is 17.7 Å². The van der Waals surface area contributed by atoms with Gasteiger partial charge in [-0.25, -0.2) is 16.8 Å². The van der Waals surface area contributed by atoms with E-state index in [1.54, 1.807) is 31.3 Å². The molecule has 0 bridgehead atoms. The highest BCUT2D eigenvalue weighted by atomic mass is 32.2. The van der Waals surface area contributed by atoms with Gasteiger partial charge >= 0.3 is 0 Å². The van der Waals surface area contributed by atoms with Crippen LogP contribution in [0.1, 0.15) is 0 Å². The third kappa shape index (κ3) is 7.20. The largest absolute Gasteiger partial charge is 0.497 e. The number of likely N-dealkylation sites (N-methyl/N-ethyl adjacent to an activating group) is 1. The van der Waals surface area contributed by atoms with Crippen molar-refractivity contribution >= 4 is 65.6 Å². The van der Waals surface area contributed by atoms with E-state index in [2.05, 4.69) is 10.6 Å². The molecule has 0 aliphatic rings. The van der Waals surface area contributed by atoms with Crippen molar-refractivity contribution in [1.82, 2.24) is 5.32 Å². The molecule has 242 valence electrons. The van der Waals surface area contributed by atoms with Crippen LogP contribution in [0.2, 0.25) is 0 Å². The summed E-state index contributed by atoms with van der Waals surface area (Å²) in [6.45, 7) is -1.42. The lowest BCUT2D eigenvalue weighted by Crippen LogP contribution is -2.39. The summed E-state index contributed by atoms with van der Waals surface area (Å²) in [4.78, 5) is 35.9. The van der Waals surface area contributed by atoms with E-state index in [0.29, 0.717) is 11.4 Å². The van der Waals surface area contributed by atoms with Gasteiger partial charge < -0.3 is 26.8 Å². The molecule has 0 aliphatic heterocycles. The number of sulfonamides is 2. The van der Waals surface area contributed by atoms with Crippen molar-refractivity contribution in [2.45, 2.75) is 9.79 Å². The van der Waals surface area contributed by atoms with Crippen LogP contribution in [0.15, 0.2) is 94.7 Å². The van der Waals surface area contributed by atoms with E-state index in [-0.39, 0.29) is 44.4 Å². The Labute approximate surface area is 266 Å². The zero-order valence-corrected chi connectivity index (χ0v) is 26.5. The number of rotatable bonds is 14. The molecule has 4 aromatic carbocycles. The Hall–Kier alpha value is -5.19. The molecule has 3 amide bonds. The molecular weight excluding hydrogens is 636 g/mol. The molecule has 0 aliphatic carbocycles. The predicted molar refractivity (Wildman–Crippen MR) is 173 cm³/mol. The van der Waals surface area contributed by atoms with Crippen LogP contribution < -0.4 is 35.4 Å². The summed E-state index contributed by atoms with van der Waals surface area (Å²) >= 11 is 0.